The topological polar surface area (TPSA) is 142 Å². The molecule has 11 heteroatoms. The molecule has 0 fully saturated rings. The van der Waals surface area contributed by atoms with Crippen LogP contribution in [-0.2, 0) is 10.0 Å². The van der Waals surface area contributed by atoms with Crippen LogP contribution in [0.25, 0.3) is 11.1 Å². The zero-order valence-electron chi connectivity index (χ0n) is 21.7. The summed E-state index contributed by atoms with van der Waals surface area (Å²) in [4.78, 5) is 25.2. The van der Waals surface area contributed by atoms with E-state index in [0.717, 1.165) is 22.3 Å². The van der Waals surface area contributed by atoms with Crippen molar-refractivity contribution in [2.45, 2.75) is 19.4 Å². The Morgan fingerprint density at radius 3 is 2.23 bits per heavy atom. The minimum absolute atomic E-state index is 0.0656. The maximum Gasteiger partial charge on any atom is 0.407 e. The lowest BCUT2D eigenvalue weighted by Crippen LogP contribution is -2.36. The lowest BCUT2D eigenvalue weighted by atomic mass is 10.0. The van der Waals surface area contributed by atoms with E-state index in [1.54, 1.807) is 60.7 Å². The van der Waals surface area contributed by atoms with Gasteiger partial charge in [-0.2, -0.15) is 0 Å². The summed E-state index contributed by atoms with van der Waals surface area (Å²) >= 11 is 0. The fourth-order valence-electron chi connectivity index (χ4n) is 3.72. The third kappa shape index (κ3) is 9.01. The Labute approximate surface area is 227 Å². The van der Waals surface area contributed by atoms with Crippen LogP contribution in [0.1, 0.15) is 35.4 Å². The Bertz CT molecular complexity index is 1360. The van der Waals surface area contributed by atoms with Gasteiger partial charge in [-0.15, -0.1) is 0 Å². The van der Waals surface area contributed by atoms with E-state index < -0.39 is 28.1 Å². The maximum atomic E-state index is 12.4. The Hall–Kier alpha value is -4.09. The zero-order chi connectivity index (χ0) is 28.4. The van der Waals surface area contributed by atoms with E-state index in [0.29, 0.717) is 24.3 Å². The van der Waals surface area contributed by atoms with E-state index in [4.69, 9.17) is 9.47 Å². The van der Waals surface area contributed by atoms with Gasteiger partial charge in [0.2, 0.25) is 10.0 Å². The smallest absolute Gasteiger partial charge is 0.407 e. The summed E-state index contributed by atoms with van der Waals surface area (Å²) in [7, 11) is -3.73. The van der Waals surface area contributed by atoms with Gasteiger partial charge >= 0.3 is 6.09 Å². The summed E-state index contributed by atoms with van der Waals surface area (Å²) in [5.74, 6) is 0.0205. The molecule has 0 aliphatic rings. The first kappa shape index (κ1) is 29.5. The third-order valence-electron chi connectivity index (χ3n) is 5.63. The number of benzene rings is 3. The molecule has 10 nitrogen and oxygen atoms in total. The van der Waals surface area contributed by atoms with Crippen molar-refractivity contribution < 1.29 is 37.7 Å². The monoisotopic (exact) mass is 556 g/mol. The Morgan fingerprint density at radius 1 is 0.949 bits per heavy atom. The standard InChI is InChI=1S/C28H32N2O8S/c1-3-16-38-26-18-22(11-14-24(26)27(32)29-39(2,35)36)20-9-12-23(13-10-20)37-17-15-30(28(33)34)19-25(31)21-7-5-4-6-8-21/h4-14,18,25,31H,3,15-17,19H2,1-2H3,(H,29,32)(H,33,34)/t25-/m0/s1. The molecule has 3 aromatic carbocycles. The van der Waals surface area contributed by atoms with Gasteiger partial charge in [-0.25, -0.2) is 17.9 Å². The van der Waals surface area contributed by atoms with Gasteiger partial charge in [0.15, 0.2) is 0 Å². The maximum absolute atomic E-state index is 12.4. The summed E-state index contributed by atoms with van der Waals surface area (Å²) < 4.78 is 36.3. The van der Waals surface area contributed by atoms with Gasteiger partial charge in [0.05, 0.1) is 37.6 Å². The van der Waals surface area contributed by atoms with Gasteiger partial charge in [0, 0.05) is 0 Å². The van der Waals surface area contributed by atoms with Crippen LogP contribution in [-0.4, -0.2) is 68.1 Å². The summed E-state index contributed by atoms with van der Waals surface area (Å²) in [5.41, 5.74) is 2.29. The highest BCUT2D eigenvalue weighted by molar-refractivity contribution is 7.89. The zero-order valence-corrected chi connectivity index (χ0v) is 22.6. The van der Waals surface area contributed by atoms with Crippen LogP contribution in [0.5, 0.6) is 11.5 Å². The van der Waals surface area contributed by atoms with E-state index in [9.17, 15) is 28.2 Å². The number of ether oxygens (including phenoxy) is 2. The fraction of sp³-hybridized carbons (Fsp3) is 0.286. The van der Waals surface area contributed by atoms with Crippen molar-refractivity contribution in [1.82, 2.24) is 9.62 Å². The number of carbonyl (C=O) groups excluding carboxylic acids is 1. The van der Waals surface area contributed by atoms with E-state index in [2.05, 4.69) is 0 Å². The number of carbonyl (C=O) groups is 2. The lowest BCUT2D eigenvalue weighted by molar-refractivity contribution is 0.0894. The highest BCUT2D eigenvalue weighted by atomic mass is 32.2. The molecule has 0 bridgehead atoms. The SMILES string of the molecule is CCCOc1cc(-c2ccc(OCCN(C[C@H](O)c3ccccc3)C(=O)O)cc2)ccc1C(=O)NS(C)(=O)=O. The second-order valence-corrected chi connectivity index (χ2v) is 10.5. The van der Waals surface area contributed by atoms with Gasteiger partial charge in [0.1, 0.15) is 18.1 Å². The van der Waals surface area contributed by atoms with Crippen LogP contribution in [0.4, 0.5) is 4.79 Å². The average Bonchev–Trinajstić information content (AvgIpc) is 2.91. The van der Waals surface area contributed by atoms with Gasteiger partial charge in [-0.1, -0.05) is 55.5 Å². The first-order chi connectivity index (χ1) is 18.6. The molecule has 39 heavy (non-hydrogen) atoms. The highest BCUT2D eigenvalue weighted by Crippen LogP contribution is 2.29. The van der Waals surface area contributed by atoms with E-state index in [1.165, 1.54) is 6.07 Å². The molecule has 0 aromatic heterocycles. The van der Waals surface area contributed by atoms with Crippen molar-refractivity contribution in [2.75, 3.05) is 32.6 Å². The first-order valence-corrected chi connectivity index (χ1v) is 14.2. The molecule has 3 aromatic rings. The van der Waals surface area contributed by atoms with Gasteiger partial charge < -0.3 is 24.6 Å². The first-order valence-electron chi connectivity index (χ1n) is 12.3. The summed E-state index contributed by atoms with van der Waals surface area (Å²) in [6.07, 6.45) is -0.494. The number of nitrogens with one attached hydrogen (secondary N) is 1. The largest absolute Gasteiger partial charge is 0.493 e. The molecule has 0 spiro atoms. The Balaban J connectivity index is 1.64. The molecule has 0 unspecified atom stereocenters. The molecular formula is C28H32N2O8S. The summed E-state index contributed by atoms with van der Waals surface area (Å²) in [6, 6.07) is 20.8. The Morgan fingerprint density at radius 2 is 1.62 bits per heavy atom. The van der Waals surface area contributed by atoms with Crippen LogP contribution < -0.4 is 14.2 Å². The molecule has 0 saturated heterocycles. The molecule has 0 aliphatic heterocycles. The van der Waals surface area contributed by atoms with Crippen molar-refractivity contribution in [1.29, 1.82) is 0 Å². The van der Waals surface area contributed by atoms with Crippen LogP contribution in [0, 0.1) is 0 Å². The second-order valence-electron chi connectivity index (χ2n) is 8.79. The molecule has 3 N–H and O–H groups in total. The molecular weight excluding hydrogens is 524 g/mol. The van der Waals surface area contributed by atoms with Crippen molar-refractivity contribution >= 4 is 22.0 Å². The number of carboxylic acid groups (broad SMARTS) is 1. The quantitative estimate of drug-likeness (QED) is 0.288. The predicted octanol–water partition coefficient (Wildman–Crippen LogP) is 3.92. The van der Waals surface area contributed by atoms with Crippen LogP contribution in [0.3, 0.4) is 0 Å². The minimum atomic E-state index is -3.73. The number of rotatable bonds is 13. The number of hydrogen-bond donors (Lipinski definition) is 3. The highest BCUT2D eigenvalue weighted by Gasteiger charge is 2.19. The van der Waals surface area contributed by atoms with Crippen molar-refractivity contribution in [3.8, 4) is 22.6 Å². The molecule has 0 radical (unpaired) electrons. The molecule has 0 aliphatic carbocycles. The average molecular weight is 557 g/mol. The van der Waals surface area contributed by atoms with Gasteiger partial charge in [0.25, 0.3) is 5.91 Å². The Kier molecular flexibility index (Phi) is 10.3. The van der Waals surface area contributed by atoms with Gasteiger partial charge in [-0.05, 0) is 47.4 Å². The van der Waals surface area contributed by atoms with E-state index in [-0.39, 0.29) is 31.0 Å². The fourth-order valence-corrected chi connectivity index (χ4v) is 4.16. The molecule has 0 heterocycles. The number of aliphatic hydroxyl groups excluding tert-OH is 1. The van der Waals surface area contributed by atoms with Crippen molar-refractivity contribution in [2.24, 2.45) is 0 Å². The van der Waals surface area contributed by atoms with Crippen LogP contribution >= 0.6 is 0 Å². The predicted molar refractivity (Wildman–Crippen MR) is 146 cm³/mol. The number of amides is 2. The number of aliphatic hydroxyl groups is 1. The third-order valence-corrected chi connectivity index (χ3v) is 6.19. The van der Waals surface area contributed by atoms with E-state index in [1.807, 2.05) is 17.7 Å². The molecule has 1 atom stereocenters. The molecule has 208 valence electrons. The van der Waals surface area contributed by atoms with Crippen LogP contribution in [0.2, 0.25) is 0 Å². The van der Waals surface area contributed by atoms with Gasteiger partial charge in [-0.3, -0.25) is 4.79 Å². The lowest BCUT2D eigenvalue weighted by Gasteiger charge is -2.22. The number of sulfonamides is 1. The number of hydrogen-bond acceptors (Lipinski definition) is 7. The molecule has 2 amide bonds. The van der Waals surface area contributed by atoms with Crippen molar-refractivity contribution in [3.63, 3.8) is 0 Å². The van der Waals surface area contributed by atoms with E-state index >= 15 is 0 Å². The normalized spacial score (nSPS) is 11.9. The summed E-state index contributed by atoms with van der Waals surface area (Å²) in [6.45, 7) is 2.34. The summed E-state index contributed by atoms with van der Waals surface area (Å²) in [5, 5.41) is 19.9. The minimum Gasteiger partial charge on any atom is -0.493 e. The number of nitrogens with zero attached hydrogens (tertiary/aromatic N) is 1. The molecule has 0 saturated carbocycles. The molecule has 3 rings (SSSR count). The van der Waals surface area contributed by atoms with Crippen molar-refractivity contribution in [3.05, 3.63) is 83.9 Å². The second kappa shape index (κ2) is 13.6. The van der Waals surface area contributed by atoms with Crippen LogP contribution in [0.15, 0.2) is 72.8 Å².